The average molecular weight is 310 g/mol. The van der Waals surface area contributed by atoms with Crippen LogP contribution < -0.4 is 4.74 Å². The van der Waals surface area contributed by atoms with Crippen molar-refractivity contribution in [3.05, 3.63) is 40.7 Å². The van der Waals surface area contributed by atoms with Crippen LogP contribution >= 0.6 is 11.6 Å². The van der Waals surface area contributed by atoms with Crippen LogP contribution in [0.5, 0.6) is 5.75 Å². The first-order valence-corrected chi connectivity index (χ1v) is 7.21. The highest BCUT2D eigenvalue weighted by atomic mass is 35.5. The van der Waals surface area contributed by atoms with Gasteiger partial charge in [0, 0.05) is 10.4 Å². The van der Waals surface area contributed by atoms with Crippen LogP contribution in [0.3, 0.4) is 0 Å². The zero-order valence-corrected chi connectivity index (χ0v) is 13.3. The molecule has 0 atom stereocenters. The summed E-state index contributed by atoms with van der Waals surface area (Å²) in [5.74, 6) is 0.763. The minimum atomic E-state index is -0.137. The third-order valence-electron chi connectivity index (χ3n) is 3.05. The van der Waals surface area contributed by atoms with Crippen molar-refractivity contribution in [1.29, 1.82) is 0 Å². The number of aliphatic hydroxyl groups excluding tert-OH is 1. The van der Waals surface area contributed by atoms with Gasteiger partial charge in [0.1, 0.15) is 18.1 Å². The van der Waals surface area contributed by atoms with Gasteiger partial charge in [-0.2, -0.15) is 0 Å². The summed E-state index contributed by atoms with van der Waals surface area (Å²) >= 11 is 5.83. The molecule has 2 aromatic rings. The molecule has 0 radical (unpaired) electrons. The van der Waals surface area contributed by atoms with Crippen LogP contribution in [0.4, 0.5) is 0 Å². The predicted octanol–water partition coefficient (Wildman–Crippen LogP) is 2.80. The molecule has 0 unspecified atom stereocenters. The van der Waals surface area contributed by atoms with Crippen molar-refractivity contribution in [2.24, 2.45) is 0 Å². The maximum absolute atomic E-state index is 9.36. The monoisotopic (exact) mass is 309 g/mol. The van der Waals surface area contributed by atoms with Crippen molar-refractivity contribution >= 4 is 11.6 Å². The van der Waals surface area contributed by atoms with Crippen molar-refractivity contribution in [3.63, 3.8) is 0 Å². The summed E-state index contributed by atoms with van der Waals surface area (Å²) in [6.07, 6.45) is 0. The van der Waals surface area contributed by atoms with E-state index >= 15 is 0 Å². The van der Waals surface area contributed by atoms with Crippen molar-refractivity contribution < 1.29 is 9.84 Å². The Bertz CT molecular complexity index is 588. The molecule has 0 saturated heterocycles. The van der Waals surface area contributed by atoms with Crippen LogP contribution in [0.25, 0.3) is 0 Å². The standard InChI is InChI=1S/C15H20ClN3O2/c1-15(2,3)14-13(10-20)17-18-19(14)8-9-21-12-6-4-11(16)5-7-12/h4-7,20H,8-10H2,1-3H3. The van der Waals surface area contributed by atoms with Gasteiger partial charge in [-0.25, -0.2) is 4.68 Å². The largest absolute Gasteiger partial charge is 0.492 e. The number of halogens is 1. The molecule has 0 aliphatic rings. The van der Waals surface area contributed by atoms with Crippen molar-refractivity contribution in [3.8, 4) is 5.75 Å². The molecule has 5 nitrogen and oxygen atoms in total. The number of aromatic nitrogens is 3. The number of hydrogen-bond acceptors (Lipinski definition) is 4. The number of hydrogen-bond donors (Lipinski definition) is 1. The Morgan fingerprint density at radius 2 is 1.90 bits per heavy atom. The molecule has 21 heavy (non-hydrogen) atoms. The molecular formula is C15H20ClN3O2. The molecule has 0 fully saturated rings. The van der Waals surface area contributed by atoms with E-state index in [-0.39, 0.29) is 12.0 Å². The van der Waals surface area contributed by atoms with Crippen LogP contribution in [-0.2, 0) is 18.6 Å². The van der Waals surface area contributed by atoms with E-state index in [9.17, 15) is 5.11 Å². The normalized spacial score (nSPS) is 11.7. The number of benzene rings is 1. The summed E-state index contributed by atoms with van der Waals surface area (Å²) < 4.78 is 7.46. The lowest BCUT2D eigenvalue weighted by Gasteiger charge is -2.21. The molecule has 0 spiro atoms. The fraction of sp³-hybridized carbons (Fsp3) is 0.467. The van der Waals surface area contributed by atoms with Gasteiger partial charge in [-0.1, -0.05) is 37.6 Å². The number of rotatable bonds is 5. The Balaban J connectivity index is 2.03. The maximum Gasteiger partial charge on any atom is 0.119 e. The summed E-state index contributed by atoms with van der Waals surface area (Å²) in [7, 11) is 0. The smallest absolute Gasteiger partial charge is 0.119 e. The highest BCUT2D eigenvalue weighted by Gasteiger charge is 2.24. The zero-order valence-electron chi connectivity index (χ0n) is 12.5. The van der Waals surface area contributed by atoms with E-state index in [0.29, 0.717) is 23.9 Å². The zero-order chi connectivity index (χ0) is 15.5. The Morgan fingerprint density at radius 3 is 2.48 bits per heavy atom. The van der Waals surface area contributed by atoms with Gasteiger partial charge < -0.3 is 9.84 Å². The summed E-state index contributed by atoms with van der Waals surface area (Å²) in [4.78, 5) is 0. The molecule has 0 aliphatic heterocycles. The molecule has 1 heterocycles. The van der Waals surface area contributed by atoms with E-state index < -0.39 is 0 Å². The quantitative estimate of drug-likeness (QED) is 0.922. The van der Waals surface area contributed by atoms with E-state index in [1.165, 1.54) is 0 Å². The fourth-order valence-electron chi connectivity index (χ4n) is 2.21. The first-order valence-electron chi connectivity index (χ1n) is 6.84. The lowest BCUT2D eigenvalue weighted by Crippen LogP contribution is -2.22. The highest BCUT2D eigenvalue weighted by Crippen LogP contribution is 2.24. The van der Waals surface area contributed by atoms with Gasteiger partial charge in [-0.3, -0.25) is 0 Å². The number of ether oxygens (including phenoxy) is 1. The second-order valence-corrected chi connectivity index (χ2v) is 6.25. The van der Waals surface area contributed by atoms with Gasteiger partial charge >= 0.3 is 0 Å². The van der Waals surface area contributed by atoms with Crippen molar-refractivity contribution in [2.45, 2.75) is 39.3 Å². The van der Waals surface area contributed by atoms with Crippen molar-refractivity contribution in [1.82, 2.24) is 15.0 Å². The van der Waals surface area contributed by atoms with E-state index in [1.807, 2.05) is 12.1 Å². The summed E-state index contributed by atoms with van der Waals surface area (Å²) in [5, 5.41) is 18.2. The van der Waals surface area contributed by atoms with Crippen LogP contribution in [-0.4, -0.2) is 26.7 Å². The molecule has 2 rings (SSSR count). The molecule has 1 N–H and O–H groups in total. The topological polar surface area (TPSA) is 60.2 Å². The summed E-state index contributed by atoms with van der Waals surface area (Å²) in [5.41, 5.74) is 1.42. The molecular weight excluding hydrogens is 290 g/mol. The highest BCUT2D eigenvalue weighted by molar-refractivity contribution is 6.30. The predicted molar refractivity (Wildman–Crippen MR) is 81.6 cm³/mol. The molecule has 1 aromatic carbocycles. The molecule has 1 aromatic heterocycles. The van der Waals surface area contributed by atoms with Crippen LogP contribution in [0.2, 0.25) is 5.02 Å². The Hall–Kier alpha value is -1.59. The second kappa shape index (κ2) is 6.45. The number of aliphatic hydroxyl groups is 1. The van der Waals surface area contributed by atoms with Gasteiger partial charge in [0.15, 0.2) is 0 Å². The molecule has 0 bridgehead atoms. The lowest BCUT2D eigenvalue weighted by atomic mass is 9.90. The Labute approximate surface area is 129 Å². The van der Waals surface area contributed by atoms with Crippen LogP contribution in [0.15, 0.2) is 24.3 Å². The van der Waals surface area contributed by atoms with Gasteiger partial charge in [-0.15, -0.1) is 5.10 Å². The molecule has 0 amide bonds. The van der Waals surface area contributed by atoms with Gasteiger partial charge in [0.25, 0.3) is 0 Å². The maximum atomic E-state index is 9.36. The van der Waals surface area contributed by atoms with E-state index in [4.69, 9.17) is 16.3 Å². The lowest BCUT2D eigenvalue weighted by molar-refractivity contribution is 0.270. The van der Waals surface area contributed by atoms with Crippen LogP contribution in [0.1, 0.15) is 32.2 Å². The summed E-state index contributed by atoms with van der Waals surface area (Å²) in [6, 6.07) is 7.23. The fourth-order valence-corrected chi connectivity index (χ4v) is 2.34. The first kappa shape index (κ1) is 15.8. The third kappa shape index (κ3) is 3.95. The average Bonchev–Trinajstić information content (AvgIpc) is 2.84. The summed E-state index contributed by atoms with van der Waals surface area (Å²) in [6.45, 7) is 7.15. The third-order valence-corrected chi connectivity index (χ3v) is 3.30. The Morgan fingerprint density at radius 1 is 1.24 bits per heavy atom. The van der Waals surface area contributed by atoms with E-state index in [1.54, 1.807) is 16.8 Å². The van der Waals surface area contributed by atoms with E-state index in [2.05, 4.69) is 31.1 Å². The van der Waals surface area contributed by atoms with Gasteiger partial charge in [0.05, 0.1) is 18.8 Å². The molecule has 0 saturated carbocycles. The second-order valence-electron chi connectivity index (χ2n) is 5.82. The first-order chi connectivity index (χ1) is 9.91. The van der Waals surface area contributed by atoms with Gasteiger partial charge in [-0.05, 0) is 24.3 Å². The van der Waals surface area contributed by atoms with E-state index in [0.717, 1.165) is 11.4 Å². The Kier molecular flexibility index (Phi) is 4.85. The molecule has 6 heteroatoms. The van der Waals surface area contributed by atoms with Crippen molar-refractivity contribution in [2.75, 3.05) is 6.61 Å². The van der Waals surface area contributed by atoms with Crippen LogP contribution in [0, 0.1) is 0 Å². The minimum Gasteiger partial charge on any atom is -0.492 e. The number of nitrogens with zero attached hydrogens (tertiary/aromatic N) is 3. The SMILES string of the molecule is CC(C)(C)c1c(CO)nnn1CCOc1ccc(Cl)cc1. The molecule has 0 aliphatic carbocycles. The van der Waals surface area contributed by atoms with Gasteiger partial charge in [0.2, 0.25) is 0 Å². The molecule has 114 valence electrons. The minimum absolute atomic E-state index is 0.107.